The lowest BCUT2D eigenvalue weighted by atomic mass is 10.3. The average Bonchev–Trinajstić information content (AvgIpc) is 2.54. The van der Waals surface area contributed by atoms with E-state index in [0.717, 1.165) is 0 Å². The molecule has 0 unspecified atom stereocenters. The predicted octanol–water partition coefficient (Wildman–Crippen LogP) is 2.67. The molecule has 6 nitrogen and oxygen atoms in total. The van der Waals surface area contributed by atoms with Crippen LogP contribution >= 0.6 is 23.2 Å². The second-order valence-corrected chi connectivity index (χ2v) is 4.09. The zero-order chi connectivity index (χ0) is 12.6. The molecule has 0 spiro atoms. The van der Waals surface area contributed by atoms with Crippen molar-refractivity contribution in [3.63, 3.8) is 0 Å². The van der Waals surface area contributed by atoms with Crippen molar-refractivity contribution in [2.45, 2.75) is 6.42 Å². The summed E-state index contributed by atoms with van der Waals surface area (Å²) >= 11 is 11.7. The molecule has 17 heavy (non-hydrogen) atoms. The molecule has 0 radical (unpaired) electrons. The van der Waals surface area contributed by atoms with Crippen LogP contribution < -0.4 is 0 Å². The fraction of sp³-hybridized carbons (Fsp3) is 0.111. The van der Waals surface area contributed by atoms with E-state index in [1.165, 1.54) is 16.7 Å². The Bertz CT molecular complexity index is 623. The van der Waals surface area contributed by atoms with Gasteiger partial charge in [0.2, 0.25) is 5.82 Å². The average molecular weight is 274 g/mol. The molecular weight excluding hydrogens is 269 g/mol. The van der Waals surface area contributed by atoms with Crippen LogP contribution in [-0.4, -0.2) is 20.5 Å². The maximum atomic E-state index is 10.7. The zero-order valence-electron chi connectivity index (χ0n) is 8.22. The third kappa shape index (κ3) is 2.09. The summed E-state index contributed by atoms with van der Waals surface area (Å²) in [6.45, 7) is 0. The normalized spacial score (nSPS) is 10.7. The lowest BCUT2D eigenvalue weighted by molar-refractivity contribution is -0.136. The van der Waals surface area contributed by atoms with Gasteiger partial charge in [0.25, 0.3) is 0 Å². The summed E-state index contributed by atoms with van der Waals surface area (Å²) in [6.07, 6.45) is 0.995. The number of fused-ring (bicyclic) bond motifs is 1. The smallest absolute Gasteiger partial charge is 0.309 e. The van der Waals surface area contributed by atoms with Gasteiger partial charge in [-0.05, 0) is 11.2 Å². The van der Waals surface area contributed by atoms with Gasteiger partial charge in [-0.3, -0.25) is 9.20 Å². The number of rotatable bonds is 3. The molecule has 0 aromatic carbocycles. The van der Waals surface area contributed by atoms with Crippen molar-refractivity contribution in [2.75, 3.05) is 0 Å². The van der Waals surface area contributed by atoms with E-state index in [1.54, 1.807) is 0 Å². The molecule has 0 aliphatic carbocycles. The number of imidazole rings is 1. The van der Waals surface area contributed by atoms with Gasteiger partial charge in [0.15, 0.2) is 5.65 Å². The topological polar surface area (TPSA) is 84.0 Å². The Morgan fingerprint density at radius 1 is 1.53 bits per heavy atom. The summed E-state index contributed by atoms with van der Waals surface area (Å²) in [6, 6.07) is 1.45. The maximum absolute atomic E-state index is 10.7. The molecule has 0 atom stereocenters. The number of halogens is 2. The van der Waals surface area contributed by atoms with Crippen LogP contribution in [0, 0.1) is 4.91 Å². The first-order valence-corrected chi connectivity index (χ1v) is 5.19. The highest BCUT2D eigenvalue weighted by Gasteiger charge is 2.17. The van der Waals surface area contributed by atoms with Crippen molar-refractivity contribution in [1.29, 1.82) is 0 Å². The minimum atomic E-state index is -1.11. The fourth-order valence-electron chi connectivity index (χ4n) is 1.47. The second kappa shape index (κ2) is 4.31. The van der Waals surface area contributed by atoms with Gasteiger partial charge in [-0.2, -0.15) is 0 Å². The van der Waals surface area contributed by atoms with Crippen LogP contribution in [-0.2, 0) is 11.2 Å². The van der Waals surface area contributed by atoms with Crippen molar-refractivity contribution in [3.05, 3.63) is 32.9 Å². The third-order valence-electron chi connectivity index (χ3n) is 2.09. The minimum Gasteiger partial charge on any atom is -0.481 e. The molecule has 2 heterocycles. The number of hydrogen-bond donors (Lipinski definition) is 1. The number of carboxylic acids is 1. The standard InChI is InChI=1S/C9H5Cl2N3O3/c10-4-1-5(11)8-12-6(2-7(15)16)9(13-17)14(8)3-4/h1,3H,2H2,(H,15,16). The molecule has 0 amide bonds. The van der Waals surface area contributed by atoms with Gasteiger partial charge in [-0.25, -0.2) is 4.98 Å². The van der Waals surface area contributed by atoms with Gasteiger partial charge in [-0.15, -0.1) is 4.91 Å². The van der Waals surface area contributed by atoms with E-state index in [1.807, 2.05) is 0 Å². The van der Waals surface area contributed by atoms with E-state index in [4.69, 9.17) is 28.3 Å². The summed E-state index contributed by atoms with van der Waals surface area (Å²) < 4.78 is 1.27. The molecule has 2 rings (SSSR count). The Morgan fingerprint density at radius 2 is 2.24 bits per heavy atom. The van der Waals surface area contributed by atoms with E-state index in [2.05, 4.69) is 10.2 Å². The Labute approximate surface area is 105 Å². The molecule has 0 fully saturated rings. The molecule has 0 saturated carbocycles. The number of aromatic nitrogens is 2. The van der Waals surface area contributed by atoms with Crippen LogP contribution in [0.2, 0.25) is 10.0 Å². The van der Waals surface area contributed by atoms with E-state index >= 15 is 0 Å². The van der Waals surface area contributed by atoms with Crippen LogP contribution in [0.15, 0.2) is 17.4 Å². The molecular formula is C9H5Cl2N3O3. The van der Waals surface area contributed by atoms with Gasteiger partial charge in [0.1, 0.15) is 5.69 Å². The molecule has 2 aromatic heterocycles. The highest BCUT2D eigenvalue weighted by Crippen LogP contribution is 2.28. The molecule has 2 aromatic rings. The number of pyridine rings is 1. The molecule has 88 valence electrons. The Balaban J connectivity index is 2.74. The molecule has 0 saturated heterocycles. The lowest BCUT2D eigenvalue weighted by Crippen LogP contribution is -2.00. The molecule has 0 aliphatic rings. The minimum absolute atomic E-state index is 0.0525. The second-order valence-electron chi connectivity index (χ2n) is 3.24. The first kappa shape index (κ1) is 11.8. The third-order valence-corrected chi connectivity index (χ3v) is 2.58. The first-order chi connectivity index (χ1) is 8.02. The van der Waals surface area contributed by atoms with E-state index in [9.17, 15) is 9.70 Å². The summed E-state index contributed by atoms with van der Waals surface area (Å²) in [5.74, 6) is -1.22. The maximum Gasteiger partial charge on any atom is 0.309 e. The molecule has 0 bridgehead atoms. The van der Waals surface area contributed by atoms with E-state index < -0.39 is 12.4 Å². The van der Waals surface area contributed by atoms with Gasteiger partial charge < -0.3 is 5.11 Å². The van der Waals surface area contributed by atoms with Crippen molar-refractivity contribution in [1.82, 2.24) is 9.38 Å². The molecule has 8 heteroatoms. The first-order valence-electron chi connectivity index (χ1n) is 4.44. The van der Waals surface area contributed by atoms with Crippen LogP contribution in [0.1, 0.15) is 5.69 Å². The van der Waals surface area contributed by atoms with Crippen LogP contribution in [0.4, 0.5) is 5.82 Å². The number of hydrogen-bond acceptors (Lipinski definition) is 4. The summed E-state index contributed by atoms with van der Waals surface area (Å²) in [5, 5.41) is 12.0. The monoisotopic (exact) mass is 273 g/mol. The Hall–Kier alpha value is -1.66. The summed E-state index contributed by atoms with van der Waals surface area (Å²) in [7, 11) is 0. The number of nitrogens with zero attached hydrogens (tertiary/aromatic N) is 3. The zero-order valence-corrected chi connectivity index (χ0v) is 9.73. The SMILES string of the molecule is O=Nc1c(CC(=O)O)nc2c(Cl)cc(Cl)cn12. The number of carbonyl (C=O) groups is 1. The van der Waals surface area contributed by atoms with Crippen molar-refractivity contribution in [3.8, 4) is 0 Å². The highest BCUT2D eigenvalue weighted by molar-refractivity contribution is 6.36. The van der Waals surface area contributed by atoms with Gasteiger partial charge in [0.05, 0.1) is 16.5 Å². The fourth-order valence-corrected chi connectivity index (χ4v) is 1.98. The van der Waals surface area contributed by atoms with Crippen LogP contribution in [0.3, 0.4) is 0 Å². The summed E-state index contributed by atoms with van der Waals surface area (Å²) in [5.41, 5.74) is 0.304. The quantitative estimate of drug-likeness (QED) is 0.872. The number of nitroso groups, excluding NO2 is 1. The van der Waals surface area contributed by atoms with Gasteiger partial charge in [-0.1, -0.05) is 23.2 Å². The predicted molar refractivity (Wildman–Crippen MR) is 62.0 cm³/mol. The number of carboxylic acid groups (broad SMARTS) is 1. The van der Waals surface area contributed by atoms with E-state index in [-0.39, 0.29) is 22.2 Å². The Kier molecular flexibility index (Phi) is 2.99. The van der Waals surface area contributed by atoms with Gasteiger partial charge in [0, 0.05) is 6.20 Å². The molecule has 0 aliphatic heterocycles. The highest BCUT2D eigenvalue weighted by atomic mass is 35.5. The number of aliphatic carboxylic acids is 1. The van der Waals surface area contributed by atoms with Crippen LogP contribution in [0.5, 0.6) is 0 Å². The van der Waals surface area contributed by atoms with Crippen molar-refractivity contribution in [2.24, 2.45) is 5.18 Å². The Morgan fingerprint density at radius 3 is 2.82 bits per heavy atom. The van der Waals surface area contributed by atoms with Gasteiger partial charge >= 0.3 is 5.97 Å². The van der Waals surface area contributed by atoms with Crippen molar-refractivity contribution >= 4 is 40.6 Å². The van der Waals surface area contributed by atoms with E-state index in [0.29, 0.717) is 5.02 Å². The summed E-state index contributed by atoms with van der Waals surface area (Å²) in [4.78, 5) is 25.3. The van der Waals surface area contributed by atoms with Crippen LogP contribution in [0.25, 0.3) is 5.65 Å². The lowest BCUT2D eigenvalue weighted by Gasteiger charge is -1.97. The largest absolute Gasteiger partial charge is 0.481 e. The van der Waals surface area contributed by atoms with Crippen molar-refractivity contribution < 1.29 is 9.90 Å². The molecule has 1 N–H and O–H groups in total.